The van der Waals surface area contributed by atoms with Gasteiger partial charge < -0.3 is 9.47 Å². The molecule has 2 aromatic carbocycles. The largest absolute Gasteiger partial charge is 0.497 e. The summed E-state index contributed by atoms with van der Waals surface area (Å²) < 4.78 is 10.8. The van der Waals surface area contributed by atoms with Crippen LogP contribution in [0.4, 0.5) is 0 Å². The van der Waals surface area contributed by atoms with Gasteiger partial charge in [0, 0.05) is 5.56 Å². The van der Waals surface area contributed by atoms with E-state index in [1.54, 1.807) is 26.2 Å². The highest BCUT2D eigenvalue weighted by molar-refractivity contribution is 5.99. The fraction of sp³-hybridized carbons (Fsp3) is 0.278. The molecule has 1 atom stereocenters. The van der Waals surface area contributed by atoms with Crippen molar-refractivity contribution in [3.05, 3.63) is 59.2 Å². The number of hydrogen-bond acceptors (Lipinski definition) is 3. The molecule has 0 bridgehead atoms. The first-order valence-electron chi connectivity index (χ1n) is 6.93. The third-order valence-electron chi connectivity index (χ3n) is 3.53. The summed E-state index contributed by atoms with van der Waals surface area (Å²) in [6.07, 6.45) is -0.527. The standard InChI is InChI=1S/C18H20O3/c1-12-5-6-15(11-13(12)2)18(19)14(3)21-17-9-7-16(20-4)8-10-17/h5-11,14H,1-4H3. The van der Waals surface area contributed by atoms with Crippen LogP contribution in [0.3, 0.4) is 0 Å². The molecule has 0 fully saturated rings. The van der Waals surface area contributed by atoms with Gasteiger partial charge in [0.2, 0.25) is 5.78 Å². The van der Waals surface area contributed by atoms with E-state index in [-0.39, 0.29) is 5.78 Å². The predicted molar refractivity (Wildman–Crippen MR) is 83.3 cm³/mol. The predicted octanol–water partition coefficient (Wildman–Crippen LogP) is 3.96. The Labute approximate surface area is 125 Å². The Morgan fingerprint density at radius 2 is 1.57 bits per heavy atom. The summed E-state index contributed by atoms with van der Waals surface area (Å²) in [5, 5.41) is 0. The van der Waals surface area contributed by atoms with Gasteiger partial charge in [-0.25, -0.2) is 0 Å². The minimum Gasteiger partial charge on any atom is -0.497 e. The van der Waals surface area contributed by atoms with E-state index in [0.717, 1.165) is 11.3 Å². The minimum absolute atomic E-state index is 0.0195. The van der Waals surface area contributed by atoms with Gasteiger partial charge in [0.25, 0.3) is 0 Å². The second kappa shape index (κ2) is 6.44. The summed E-state index contributed by atoms with van der Waals surface area (Å²) in [7, 11) is 1.61. The van der Waals surface area contributed by atoms with Crippen molar-refractivity contribution in [1.82, 2.24) is 0 Å². The summed E-state index contributed by atoms with van der Waals surface area (Å²) >= 11 is 0. The van der Waals surface area contributed by atoms with Gasteiger partial charge in [-0.15, -0.1) is 0 Å². The maximum Gasteiger partial charge on any atom is 0.203 e. The lowest BCUT2D eigenvalue weighted by Gasteiger charge is -2.14. The Bertz CT molecular complexity index is 629. The second-order valence-corrected chi connectivity index (χ2v) is 5.10. The van der Waals surface area contributed by atoms with Gasteiger partial charge in [-0.2, -0.15) is 0 Å². The number of rotatable bonds is 5. The van der Waals surface area contributed by atoms with Crippen LogP contribution in [-0.4, -0.2) is 19.0 Å². The highest BCUT2D eigenvalue weighted by Crippen LogP contribution is 2.20. The average molecular weight is 284 g/mol. The zero-order chi connectivity index (χ0) is 15.4. The summed E-state index contributed by atoms with van der Waals surface area (Å²) in [5.74, 6) is 1.39. The maximum absolute atomic E-state index is 12.4. The molecule has 0 N–H and O–H groups in total. The van der Waals surface area contributed by atoms with Gasteiger partial charge in [0.15, 0.2) is 6.10 Å². The summed E-state index contributed by atoms with van der Waals surface area (Å²) in [5.41, 5.74) is 2.96. The van der Waals surface area contributed by atoms with Gasteiger partial charge in [0.1, 0.15) is 11.5 Å². The van der Waals surface area contributed by atoms with Crippen LogP contribution in [0.5, 0.6) is 11.5 Å². The molecule has 3 nitrogen and oxygen atoms in total. The van der Waals surface area contributed by atoms with Gasteiger partial charge >= 0.3 is 0 Å². The molecule has 2 rings (SSSR count). The number of carbonyl (C=O) groups is 1. The molecule has 0 heterocycles. The van der Waals surface area contributed by atoms with Gasteiger partial charge in [-0.1, -0.05) is 12.1 Å². The van der Waals surface area contributed by atoms with Gasteiger partial charge in [0.05, 0.1) is 7.11 Å². The van der Waals surface area contributed by atoms with E-state index in [0.29, 0.717) is 11.3 Å². The van der Waals surface area contributed by atoms with E-state index < -0.39 is 6.10 Å². The maximum atomic E-state index is 12.4. The van der Waals surface area contributed by atoms with Gasteiger partial charge in [-0.3, -0.25) is 4.79 Å². The van der Waals surface area contributed by atoms with E-state index in [4.69, 9.17) is 9.47 Å². The summed E-state index contributed by atoms with van der Waals surface area (Å²) in [6, 6.07) is 12.9. The average Bonchev–Trinajstić information content (AvgIpc) is 2.50. The van der Waals surface area contributed by atoms with Crippen molar-refractivity contribution in [2.45, 2.75) is 26.9 Å². The highest BCUT2D eigenvalue weighted by Gasteiger charge is 2.17. The van der Waals surface area contributed by atoms with Crippen LogP contribution in [0.15, 0.2) is 42.5 Å². The molecule has 0 amide bonds. The molecule has 0 radical (unpaired) electrons. The first-order chi connectivity index (χ1) is 10.0. The van der Waals surface area contributed by atoms with Crippen LogP contribution >= 0.6 is 0 Å². The number of ether oxygens (including phenoxy) is 2. The lowest BCUT2D eigenvalue weighted by Crippen LogP contribution is -2.24. The number of Topliss-reactive ketones (excluding diaryl/α,β-unsaturated/α-hetero) is 1. The Balaban J connectivity index is 2.09. The van der Waals surface area contributed by atoms with Crippen molar-refractivity contribution in [2.75, 3.05) is 7.11 Å². The smallest absolute Gasteiger partial charge is 0.203 e. The number of carbonyl (C=O) groups excluding carboxylic acids is 1. The van der Waals surface area contributed by atoms with Crippen molar-refractivity contribution >= 4 is 5.78 Å². The molecule has 0 saturated heterocycles. The van der Waals surface area contributed by atoms with Crippen LogP contribution in [-0.2, 0) is 0 Å². The lowest BCUT2D eigenvalue weighted by atomic mass is 10.0. The summed E-state index contributed by atoms with van der Waals surface area (Å²) in [6.45, 7) is 5.80. The first kappa shape index (κ1) is 15.1. The molecule has 0 aliphatic heterocycles. The van der Waals surface area contributed by atoms with Crippen LogP contribution in [0.25, 0.3) is 0 Å². The number of benzene rings is 2. The Kier molecular flexibility index (Phi) is 4.63. The van der Waals surface area contributed by atoms with E-state index in [1.165, 1.54) is 5.56 Å². The van der Waals surface area contributed by atoms with Crippen molar-refractivity contribution < 1.29 is 14.3 Å². The Morgan fingerprint density at radius 3 is 2.14 bits per heavy atom. The van der Waals surface area contributed by atoms with Crippen molar-refractivity contribution in [3.63, 3.8) is 0 Å². The zero-order valence-electron chi connectivity index (χ0n) is 12.8. The quantitative estimate of drug-likeness (QED) is 0.780. The number of methoxy groups -OCH3 is 1. The van der Waals surface area contributed by atoms with E-state index in [1.807, 2.05) is 44.2 Å². The molecule has 3 heteroatoms. The molecular weight excluding hydrogens is 264 g/mol. The number of hydrogen-bond donors (Lipinski definition) is 0. The molecular formula is C18H20O3. The Hall–Kier alpha value is -2.29. The van der Waals surface area contributed by atoms with E-state index >= 15 is 0 Å². The third kappa shape index (κ3) is 3.63. The molecule has 1 unspecified atom stereocenters. The Morgan fingerprint density at radius 1 is 0.952 bits per heavy atom. The molecule has 21 heavy (non-hydrogen) atoms. The normalized spacial score (nSPS) is 11.8. The summed E-state index contributed by atoms with van der Waals surface area (Å²) in [4.78, 5) is 12.4. The van der Waals surface area contributed by atoms with Crippen molar-refractivity contribution in [1.29, 1.82) is 0 Å². The molecule has 2 aromatic rings. The van der Waals surface area contributed by atoms with E-state index in [2.05, 4.69) is 0 Å². The highest BCUT2D eigenvalue weighted by atomic mass is 16.5. The van der Waals surface area contributed by atoms with Crippen LogP contribution < -0.4 is 9.47 Å². The molecule has 0 aliphatic carbocycles. The monoisotopic (exact) mass is 284 g/mol. The van der Waals surface area contributed by atoms with Crippen LogP contribution in [0, 0.1) is 13.8 Å². The minimum atomic E-state index is -0.527. The molecule has 0 saturated carbocycles. The van der Waals surface area contributed by atoms with Crippen molar-refractivity contribution in [3.8, 4) is 11.5 Å². The van der Waals surface area contributed by atoms with Gasteiger partial charge in [-0.05, 0) is 62.2 Å². The van der Waals surface area contributed by atoms with E-state index in [9.17, 15) is 4.79 Å². The zero-order valence-corrected chi connectivity index (χ0v) is 12.8. The number of aryl methyl sites for hydroxylation is 2. The fourth-order valence-electron chi connectivity index (χ4n) is 2.04. The van der Waals surface area contributed by atoms with Crippen molar-refractivity contribution in [2.24, 2.45) is 0 Å². The molecule has 0 spiro atoms. The lowest BCUT2D eigenvalue weighted by molar-refractivity contribution is 0.0818. The third-order valence-corrected chi connectivity index (χ3v) is 3.53. The molecule has 110 valence electrons. The number of ketones is 1. The molecule has 0 aliphatic rings. The first-order valence-corrected chi connectivity index (χ1v) is 6.93. The fourth-order valence-corrected chi connectivity index (χ4v) is 2.04. The second-order valence-electron chi connectivity index (χ2n) is 5.10. The topological polar surface area (TPSA) is 35.5 Å². The molecule has 0 aromatic heterocycles. The SMILES string of the molecule is COc1ccc(OC(C)C(=O)c2ccc(C)c(C)c2)cc1. The van der Waals surface area contributed by atoms with Crippen LogP contribution in [0.1, 0.15) is 28.4 Å². The van der Waals surface area contributed by atoms with Crippen LogP contribution in [0.2, 0.25) is 0 Å².